The molecule has 1 N–H and O–H groups in total. The summed E-state index contributed by atoms with van der Waals surface area (Å²) in [5.74, 6) is 0.721. The van der Waals surface area contributed by atoms with Crippen LogP contribution in [0.1, 0.15) is 16.1 Å². The number of nitrogens with zero attached hydrogens (tertiary/aromatic N) is 2. The lowest BCUT2D eigenvalue weighted by atomic mass is 10.1. The Labute approximate surface area is 155 Å². The molecule has 8 heteroatoms. The SMILES string of the molecule is COc1ccc(C(=O)N(C)Cc2c(=O)o[nH][n+]2-c2ccccc2)cc1OC. The van der Waals surface area contributed by atoms with Crippen LogP contribution in [0.3, 0.4) is 0 Å². The topological polar surface area (TPSA) is 88.6 Å². The van der Waals surface area contributed by atoms with Crippen molar-refractivity contribution >= 4 is 5.91 Å². The number of methoxy groups -OCH3 is 2. The van der Waals surface area contributed by atoms with Gasteiger partial charge in [-0.05, 0) is 28.2 Å². The molecule has 2 aromatic carbocycles. The third-order valence-electron chi connectivity index (χ3n) is 4.11. The number of nitrogens with one attached hydrogen (secondary N) is 1. The van der Waals surface area contributed by atoms with Gasteiger partial charge in [0.2, 0.25) is 5.69 Å². The van der Waals surface area contributed by atoms with Gasteiger partial charge in [0, 0.05) is 24.7 Å². The molecule has 0 atom stereocenters. The lowest BCUT2D eigenvalue weighted by Gasteiger charge is -2.15. The van der Waals surface area contributed by atoms with Crippen molar-refractivity contribution in [3.8, 4) is 17.2 Å². The highest BCUT2D eigenvalue weighted by molar-refractivity contribution is 5.94. The van der Waals surface area contributed by atoms with Crippen LogP contribution in [-0.4, -0.2) is 37.3 Å². The van der Waals surface area contributed by atoms with Crippen LogP contribution in [-0.2, 0) is 6.54 Å². The van der Waals surface area contributed by atoms with Crippen molar-refractivity contribution in [2.24, 2.45) is 0 Å². The summed E-state index contributed by atoms with van der Waals surface area (Å²) in [6, 6.07) is 14.1. The molecule has 0 aliphatic rings. The maximum Gasteiger partial charge on any atom is 0.432 e. The molecule has 0 aliphatic carbocycles. The summed E-state index contributed by atoms with van der Waals surface area (Å²) >= 11 is 0. The standard InChI is InChI=1S/C19H19N3O5/c1-21(18(23)13-9-10-16(25-2)17(11-13)26-3)12-15-19(24)27-20-22(15)14-7-5-4-6-8-14/h4-11H,12H2,1-3H3/p+1. The fourth-order valence-corrected chi connectivity index (χ4v) is 2.70. The van der Waals surface area contributed by atoms with Gasteiger partial charge in [0.1, 0.15) is 6.54 Å². The Morgan fingerprint density at radius 3 is 2.48 bits per heavy atom. The molecule has 1 amide bonds. The number of H-pyrrole nitrogens is 1. The molecule has 8 nitrogen and oxygen atoms in total. The van der Waals surface area contributed by atoms with E-state index in [1.165, 1.54) is 23.8 Å². The van der Waals surface area contributed by atoms with E-state index in [0.29, 0.717) is 22.8 Å². The highest BCUT2D eigenvalue weighted by atomic mass is 16.5. The van der Waals surface area contributed by atoms with E-state index in [9.17, 15) is 9.59 Å². The maximum absolute atomic E-state index is 12.8. The first-order valence-corrected chi connectivity index (χ1v) is 8.20. The second-order valence-electron chi connectivity index (χ2n) is 5.83. The molecule has 0 radical (unpaired) electrons. The molecule has 0 saturated heterocycles. The number of carbonyl (C=O) groups excluding carboxylic acids is 1. The average Bonchev–Trinajstić information content (AvgIpc) is 3.07. The second kappa shape index (κ2) is 7.77. The molecule has 0 saturated carbocycles. The van der Waals surface area contributed by atoms with Gasteiger partial charge in [-0.3, -0.25) is 9.32 Å². The largest absolute Gasteiger partial charge is 0.493 e. The first-order valence-electron chi connectivity index (χ1n) is 8.20. The van der Waals surface area contributed by atoms with Crippen molar-refractivity contribution in [1.29, 1.82) is 0 Å². The minimum atomic E-state index is -0.536. The van der Waals surface area contributed by atoms with E-state index >= 15 is 0 Å². The predicted octanol–water partition coefficient (Wildman–Crippen LogP) is 1.53. The Morgan fingerprint density at radius 2 is 1.81 bits per heavy atom. The number of hydrogen-bond acceptors (Lipinski definition) is 5. The van der Waals surface area contributed by atoms with Gasteiger partial charge in [0.25, 0.3) is 5.91 Å². The zero-order valence-electron chi connectivity index (χ0n) is 15.3. The third kappa shape index (κ3) is 3.69. The van der Waals surface area contributed by atoms with E-state index in [-0.39, 0.29) is 12.5 Å². The first kappa shape index (κ1) is 18.2. The van der Waals surface area contributed by atoms with Crippen molar-refractivity contribution in [3.63, 3.8) is 0 Å². The van der Waals surface area contributed by atoms with Gasteiger partial charge in [0.15, 0.2) is 11.5 Å². The van der Waals surface area contributed by atoms with E-state index in [2.05, 4.69) is 5.27 Å². The fraction of sp³-hybridized carbons (Fsp3) is 0.211. The number of amides is 1. The highest BCUT2D eigenvalue weighted by Crippen LogP contribution is 2.28. The second-order valence-corrected chi connectivity index (χ2v) is 5.83. The van der Waals surface area contributed by atoms with Gasteiger partial charge in [-0.2, -0.15) is 0 Å². The number of aromatic amines is 1. The van der Waals surface area contributed by atoms with Crippen LogP contribution in [0.5, 0.6) is 11.5 Å². The Balaban J connectivity index is 1.86. The number of rotatable bonds is 6. The molecule has 3 rings (SSSR count). The molecule has 140 valence electrons. The van der Waals surface area contributed by atoms with Gasteiger partial charge >= 0.3 is 11.3 Å². The van der Waals surface area contributed by atoms with E-state index in [0.717, 1.165) is 5.69 Å². The summed E-state index contributed by atoms with van der Waals surface area (Å²) in [7, 11) is 4.64. The van der Waals surface area contributed by atoms with E-state index in [4.69, 9.17) is 14.0 Å². The van der Waals surface area contributed by atoms with Crippen LogP contribution >= 0.6 is 0 Å². The van der Waals surface area contributed by atoms with Crippen LogP contribution in [0.2, 0.25) is 0 Å². The Kier molecular flexibility index (Phi) is 5.25. The zero-order valence-corrected chi connectivity index (χ0v) is 15.3. The zero-order chi connectivity index (χ0) is 19.4. The van der Waals surface area contributed by atoms with Gasteiger partial charge in [-0.15, -0.1) is 0 Å². The Morgan fingerprint density at radius 1 is 1.11 bits per heavy atom. The minimum Gasteiger partial charge on any atom is -0.493 e. The number of para-hydroxylation sites is 1. The molecule has 0 bridgehead atoms. The fourth-order valence-electron chi connectivity index (χ4n) is 2.70. The summed E-state index contributed by atoms with van der Waals surface area (Å²) in [5.41, 5.74) is 0.912. The third-order valence-corrected chi connectivity index (χ3v) is 4.11. The highest BCUT2D eigenvalue weighted by Gasteiger charge is 2.26. The molecule has 0 fully saturated rings. The van der Waals surface area contributed by atoms with Gasteiger partial charge in [-0.25, -0.2) is 4.79 Å². The van der Waals surface area contributed by atoms with Crippen molar-refractivity contribution in [2.75, 3.05) is 21.3 Å². The molecule has 1 aromatic heterocycles. The Hall–Kier alpha value is -3.55. The molecule has 0 unspecified atom stereocenters. The summed E-state index contributed by atoms with van der Waals surface area (Å²) in [5, 5.41) is 2.56. The maximum atomic E-state index is 12.8. The van der Waals surface area contributed by atoms with Crippen LogP contribution < -0.4 is 19.8 Å². The Bertz CT molecular complexity index is 994. The van der Waals surface area contributed by atoms with Gasteiger partial charge in [0.05, 0.1) is 14.2 Å². The van der Waals surface area contributed by atoms with Crippen molar-refractivity contribution in [1.82, 2.24) is 10.2 Å². The monoisotopic (exact) mass is 370 g/mol. The van der Waals surface area contributed by atoms with Crippen LogP contribution in [0.15, 0.2) is 57.8 Å². The molecule has 3 aromatic rings. The normalized spacial score (nSPS) is 10.5. The predicted molar refractivity (Wildman–Crippen MR) is 96.2 cm³/mol. The van der Waals surface area contributed by atoms with E-state index in [1.54, 1.807) is 25.2 Å². The molecule has 27 heavy (non-hydrogen) atoms. The van der Waals surface area contributed by atoms with Crippen molar-refractivity contribution in [3.05, 3.63) is 70.2 Å². The summed E-state index contributed by atoms with van der Waals surface area (Å²) in [6.07, 6.45) is 0. The van der Waals surface area contributed by atoms with Crippen LogP contribution in [0.4, 0.5) is 0 Å². The first-order chi connectivity index (χ1) is 13.0. The minimum absolute atomic E-state index is 0.0634. The summed E-state index contributed by atoms with van der Waals surface area (Å²) in [4.78, 5) is 26.3. The lowest BCUT2D eigenvalue weighted by molar-refractivity contribution is -0.678. The van der Waals surface area contributed by atoms with E-state index in [1.807, 2.05) is 30.3 Å². The number of hydrogen-bond donors (Lipinski definition) is 1. The number of aromatic nitrogens is 2. The van der Waals surface area contributed by atoms with Gasteiger partial charge in [-0.1, -0.05) is 18.2 Å². The summed E-state index contributed by atoms with van der Waals surface area (Å²) < 4.78 is 16.9. The average molecular weight is 370 g/mol. The van der Waals surface area contributed by atoms with Crippen molar-refractivity contribution < 1.29 is 23.5 Å². The molecule has 1 heterocycles. The number of benzene rings is 2. The molecular formula is C19H20N3O5+. The van der Waals surface area contributed by atoms with Crippen molar-refractivity contribution in [2.45, 2.75) is 6.54 Å². The molecular weight excluding hydrogens is 350 g/mol. The molecule has 0 spiro atoms. The van der Waals surface area contributed by atoms with Crippen LogP contribution in [0.25, 0.3) is 5.69 Å². The van der Waals surface area contributed by atoms with E-state index < -0.39 is 5.63 Å². The quantitative estimate of drug-likeness (QED) is 0.665. The van der Waals surface area contributed by atoms with Crippen LogP contribution in [0, 0.1) is 0 Å². The smallest absolute Gasteiger partial charge is 0.432 e. The molecule has 0 aliphatic heterocycles. The van der Waals surface area contributed by atoms with Gasteiger partial charge < -0.3 is 14.4 Å². The number of ether oxygens (including phenoxy) is 2. The summed E-state index contributed by atoms with van der Waals surface area (Å²) in [6.45, 7) is 0.0634. The lowest BCUT2D eigenvalue weighted by Crippen LogP contribution is -2.42. The number of carbonyl (C=O) groups is 1.